The van der Waals surface area contributed by atoms with Crippen LogP contribution in [0.15, 0.2) is 36.5 Å². The van der Waals surface area contributed by atoms with Gasteiger partial charge >= 0.3 is 0 Å². The standard InChI is InChI=1S/C19H22N4O3/c1-24-10-11-26-15-2-3-17-16(13-15)19(22-21-17)14-4-5-20-18(12-14)23-6-8-25-9-7-23/h2-5,12-13H,6-11H2,1H3,(H,21,22). The molecule has 26 heavy (non-hydrogen) atoms. The number of H-pyrrole nitrogens is 1. The summed E-state index contributed by atoms with van der Waals surface area (Å²) in [5.41, 5.74) is 2.90. The molecule has 0 atom stereocenters. The topological polar surface area (TPSA) is 72.5 Å². The van der Waals surface area contributed by atoms with Gasteiger partial charge in [-0.25, -0.2) is 4.98 Å². The third-order valence-electron chi connectivity index (χ3n) is 4.44. The second-order valence-electron chi connectivity index (χ2n) is 6.12. The first-order valence-electron chi connectivity index (χ1n) is 8.74. The van der Waals surface area contributed by atoms with E-state index in [-0.39, 0.29) is 0 Å². The Morgan fingerprint density at radius 2 is 2.04 bits per heavy atom. The van der Waals surface area contributed by atoms with Crippen molar-refractivity contribution in [1.82, 2.24) is 15.2 Å². The second kappa shape index (κ2) is 7.72. The largest absolute Gasteiger partial charge is 0.491 e. The van der Waals surface area contributed by atoms with Crippen LogP contribution in [-0.2, 0) is 9.47 Å². The Balaban J connectivity index is 1.64. The Hall–Kier alpha value is -2.64. The fourth-order valence-corrected chi connectivity index (χ4v) is 3.08. The summed E-state index contributed by atoms with van der Waals surface area (Å²) in [4.78, 5) is 6.75. The van der Waals surface area contributed by atoms with Crippen LogP contribution in [0.1, 0.15) is 0 Å². The smallest absolute Gasteiger partial charge is 0.129 e. The molecule has 7 heteroatoms. The van der Waals surface area contributed by atoms with Crippen LogP contribution in [0.4, 0.5) is 5.82 Å². The average molecular weight is 354 g/mol. The SMILES string of the molecule is COCCOc1ccc2[nH]nc(-c3ccnc(N4CCOCC4)c3)c2c1. The molecule has 3 heterocycles. The zero-order chi connectivity index (χ0) is 17.8. The van der Waals surface area contributed by atoms with Crippen molar-refractivity contribution in [1.29, 1.82) is 0 Å². The molecule has 3 aromatic rings. The van der Waals surface area contributed by atoms with Crippen LogP contribution >= 0.6 is 0 Å². The number of nitrogens with zero attached hydrogens (tertiary/aromatic N) is 3. The van der Waals surface area contributed by atoms with E-state index in [9.17, 15) is 0 Å². The van der Waals surface area contributed by atoms with Gasteiger partial charge < -0.3 is 19.1 Å². The number of ether oxygens (including phenoxy) is 3. The van der Waals surface area contributed by atoms with Gasteiger partial charge in [0, 0.05) is 37.3 Å². The number of pyridine rings is 1. The molecular weight excluding hydrogens is 332 g/mol. The number of hydrogen-bond donors (Lipinski definition) is 1. The molecule has 0 amide bonds. The maximum absolute atomic E-state index is 5.73. The van der Waals surface area contributed by atoms with E-state index >= 15 is 0 Å². The fourth-order valence-electron chi connectivity index (χ4n) is 3.08. The Bertz CT molecular complexity index is 874. The molecule has 136 valence electrons. The van der Waals surface area contributed by atoms with Crippen molar-refractivity contribution in [3.8, 4) is 17.0 Å². The Morgan fingerprint density at radius 1 is 1.15 bits per heavy atom. The van der Waals surface area contributed by atoms with Crippen molar-refractivity contribution in [2.75, 3.05) is 51.5 Å². The van der Waals surface area contributed by atoms with Crippen LogP contribution in [0.25, 0.3) is 22.2 Å². The van der Waals surface area contributed by atoms with Gasteiger partial charge in [-0.1, -0.05) is 0 Å². The first kappa shape index (κ1) is 16.8. The van der Waals surface area contributed by atoms with Crippen LogP contribution < -0.4 is 9.64 Å². The Morgan fingerprint density at radius 3 is 2.88 bits per heavy atom. The van der Waals surface area contributed by atoms with E-state index in [4.69, 9.17) is 14.2 Å². The van der Waals surface area contributed by atoms with E-state index in [0.29, 0.717) is 13.2 Å². The number of fused-ring (bicyclic) bond motifs is 1. The number of hydrogen-bond acceptors (Lipinski definition) is 6. The molecule has 0 saturated carbocycles. The van der Waals surface area contributed by atoms with Crippen LogP contribution in [-0.4, -0.2) is 61.8 Å². The summed E-state index contributed by atoms with van der Waals surface area (Å²) in [6, 6.07) is 10.00. The van der Waals surface area contributed by atoms with E-state index in [2.05, 4.69) is 26.1 Å². The van der Waals surface area contributed by atoms with Crippen LogP contribution in [0, 0.1) is 0 Å². The summed E-state index contributed by atoms with van der Waals surface area (Å²) < 4.78 is 16.2. The molecule has 7 nitrogen and oxygen atoms in total. The van der Waals surface area contributed by atoms with Crippen LogP contribution in [0.2, 0.25) is 0 Å². The number of anilines is 1. The number of rotatable bonds is 6. The van der Waals surface area contributed by atoms with Gasteiger partial charge in [-0.2, -0.15) is 5.10 Å². The first-order valence-corrected chi connectivity index (χ1v) is 8.74. The van der Waals surface area contributed by atoms with Crippen molar-refractivity contribution < 1.29 is 14.2 Å². The first-order chi connectivity index (χ1) is 12.8. The predicted molar refractivity (Wildman–Crippen MR) is 99.7 cm³/mol. The van der Waals surface area contributed by atoms with Gasteiger partial charge in [-0.15, -0.1) is 0 Å². The summed E-state index contributed by atoms with van der Waals surface area (Å²) in [6.07, 6.45) is 1.83. The fraction of sp³-hybridized carbons (Fsp3) is 0.368. The summed E-state index contributed by atoms with van der Waals surface area (Å²) in [5, 5.41) is 8.64. The summed E-state index contributed by atoms with van der Waals surface area (Å²) in [6.45, 7) is 4.26. The average Bonchev–Trinajstić information content (AvgIpc) is 3.12. The monoisotopic (exact) mass is 354 g/mol. The minimum absolute atomic E-state index is 0.519. The van der Waals surface area contributed by atoms with Crippen LogP contribution in [0.3, 0.4) is 0 Å². The zero-order valence-corrected chi connectivity index (χ0v) is 14.8. The van der Waals surface area contributed by atoms with Gasteiger partial charge in [0.05, 0.1) is 25.3 Å². The molecule has 4 rings (SSSR count). The molecule has 1 aromatic carbocycles. The molecule has 1 saturated heterocycles. The number of aromatic amines is 1. The Kier molecular flexibility index (Phi) is 4.99. The highest BCUT2D eigenvalue weighted by molar-refractivity contribution is 5.94. The highest BCUT2D eigenvalue weighted by atomic mass is 16.5. The van der Waals surface area contributed by atoms with Gasteiger partial charge in [0.15, 0.2) is 0 Å². The number of nitrogens with one attached hydrogen (secondary N) is 1. The molecule has 0 unspecified atom stereocenters. The van der Waals surface area contributed by atoms with Gasteiger partial charge in [-0.05, 0) is 30.3 Å². The lowest BCUT2D eigenvalue weighted by atomic mass is 10.1. The maximum Gasteiger partial charge on any atom is 0.129 e. The van der Waals surface area contributed by atoms with Gasteiger partial charge in [0.2, 0.25) is 0 Å². The minimum atomic E-state index is 0.519. The number of morpholine rings is 1. The third-order valence-corrected chi connectivity index (χ3v) is 4.44. The summed E-state index contributed by atoms with van der Waals surface area (Å²) in [7, 11) is 1.66. The van der Waals surface area contributed by atoms with E-state index in [1.165, 1.54) is 0 Å². The lowest BCUT2D eigenvalue weighted by Crippen LogP contribution is -2.36. The number of aromatic nitrogens is 3. The highest BCUT2D eigenvalue weighted by Crippen LogP contribution is 2.30. The molecule has 1 fully saturated rings. The molecular formula is C19H22N4O3. The highest BCUT2D eigenvalue weighted by Gasteiger charge is 2.15. The summed E-state index contributed by atoms with van der Waals surface area (Å²) in [5.74, 6) is 1.76. The number of benzene rings is 1. The third kappa shape index (κ3) is 3.49. The van der Waals surface area contributed by atoms with E-state index < -0.39 is 0 Å². The van der Waals surface area contributed by atoms with E-state index in [0.717, 1.165) is 60.0 Å². The van der Waals surface area contributed by atoms with Crippen molar-refractivity contribution in [3.63, 3.8) is 0 Å². The molecule has 0 radical (unpaired) electrons. The second-order valence-corrected chi connectivity index (χ2v) is 6.12. The van der Waals surface area contributed by atoms with Gasteiger partial charge in [0.1, 0.15) is 23.9 Å². The van der Waals surface area contributed by atoms with Crippen molar-refractivity contribution in [2.45, 2.75) is 0 Å². The molecule has 1 aliphatic rings. The van der Waals surface area contributed by atoms with Gasteiger partial charge in [-0.3, -0.25) is 5.10 Å². The molecule has 1 aliphatic heterocycles. The molecule has 0 spiro atoms. The maximum atomic E-state index is 5.73. The zero-order valence-electron chi connectivity index (χ0n) is 14.8. The van der Waals surface area contributed by atoms with Gasteiger partial charge in [0.25, 0.3) is 0 Å². The minimum Gasteiger partial charge on any atom is -0.491 e. The number of methoxy groups -OCH3 is 1. The lowest BCUT2D eigenvalue weighted by molar-refractivity contribution is 0.122. The lowest BCUT2D eigenvalue weighted by Gasteiger charge is -2.27. The molecule has 1 N–H and O–H groups in total. The van der Waals surface area contributed by atoms with Crippen molar-refractivity contribution >= 4 is 16.7 Å². The van der Waals surface area contributed by atoms with E-state index in [1.807, 2.05) is 30.5 Å². The predicted octanol–water partition coefficient (Wildman–Crippen LogP) is 2.49. The van der Waals surface area contributed by atoms with Crippen molar-refractivity contribution in [2.24, 2.45) is 0 Å². The molecule has 2 aromatic heterocycles. The van der Waals surface area contributed by atoms with E-state index in [1.54, 1.807) is 7.11 Å². The normalized spacial score (nSPS) is 14.7. The van der Waals surface area contributed by atoms with Crippen molar-refractivity contribution in [3.05, 3.63) is 36.5 Å². The Labute approximate surface area is 151 Å². The quantitative estimate of drug-likeness (QED) is 0.686. The molecule has 0 aliphatic carbocycles. The van der Waals surface area contributed by atoms with Crippen LogP contribution in [0.5, 0.6) is 5.75 Å². The molecule has 0 bridgehead atoms. The summed E-state index contributed by atoms with van der Waals surface area (Å²) >= 11 is 0.